The Labute approximate surface area is 86.9 Å². The SMILES string of the molecule is O=C1N=CC=C1S(=O)(=O)c1ccccc1. The number of hydrogen-bond donors (Lipinski definition) is 0. The smallest absolute Gasteiger partial charge is 0.266 e. The summed E-state index contributed by atoms with van der Waals surface area (Å²) in [5.41, 5.74) is 0. The third kappa shape index (κ3) is 1.61. The van der Waals surface area contributed by atoms with Crippen molar-refractivity contribution in [2.75, 3.05) is 0 Å². The van der Waals surface area contributed by atoms with Gasteiger partial charge in [0.05, 0.1) is 4.90 Å². The molecule has 76 valence electrons. The third-order valence-corrected chi connectivity index (χ3v) is 3.75. The molecule has 0 bridgehead atoms. The average Bonchev–Trinajstić information content (AvgIpc) is 2.66. The van der Waals surface area contributed by atoms with Crippen LogP contribution in [0.15, 0.2) is 51.2 Å². The molecule has 0 saturated heterocycles. The fraction of sp³-hybridized carbons (Fsp3) is 0. The minimum absolute atomic E-state index is 0.107. The molecule has 0 N–H and O–H groups in total. The van der Waals surface area contributed by atoms with Gasteiger partial charge in [0, 0.05) is 6.21 Å². The van der Waals surface area contributed by atoms with Crippen molar-refractivity contribution in [3.63, 3.8) is 0 Å². The molecule has 1 aromatic rings. The molecule has 15 heavy (non-hydrogen) atoms. The van der Waals surface area contributed by atoms with Crippen molar-refractivity contribution in [2.45, 2.75) is 4.90 Å². The number of amides is 1. The number of carbonyl (C=O) groups is 1. The predicted octanol–water partition coefficient (Wildman–Crippen LogP) is 0.955. The number of hydrogen-bond acceptors (Lipinski definition) is 3. The molecule has 4 nitrogen and oxygen atoms in total. The molecule has 1 amide bonds. The molecule has 0 fully saturated rings. The number of benzene rings is 1. The summed E-state index contributed by atoms with van der Waals surface area (Å²) >= 11 is 0. The number of allylic oxidation sites excluding steroid dienone is 1. The summed E-state index contributed by atoms with van der Waals surface area (Å²) in [6.07, 6.45) is 2.41. The summed E-state index contributed by atoms with van der Waals surface area (Å²) in [5.74, 6) is -0.709. The first kappa shape index (κ1) is 9.79. The fourth-order valence-corrected chi connectivity index (χ4v) is 2.53. The molecule has 0 aliphatic carbocycles. The Kier molecular flexibility index (Phi) is 2.24. The van der Waals surface area contributed by atoms with Gasteiger partial charge in [-0.2, -0.15) is 0 Å². The van der Waals surface area contributed by atoms with Crippen LogP contribution < -0.4 is 0 Å². The molecule has 1 aliphatic heterocycles. The third-order valence-electron chi connectivity index (χ3n) is 1.97. The van der Waals surface area contributed by atoms with Gasteiger partial charge in [0.1, 0.15) is 4.91 Å². The maximum Gasteiger partial charge on any atom is 0.288 e. The van der Waals surface area contributed by atoms with Gasteiger partial charge in [0.2, 0.25) is 9.84 Å². The standard InChI is InChI=1S/C10H7NO3S/c12-10-9(6-7-11-10)15(13,14)8-4-2-1-3-5-8/h1-7H. The molecule has 0 radical (unpaired) electrons. The number of aliphatic imine (C=N–C) groups is 1. The Morgan fingerprint density at radius 3 is 2.27 bits per heavy atom. The van der Waals surface area contributed by atoms with Crippen LogP contribution in [-0.2, 0) is 14.6 Å². The summed E-state index contributed by atoms with van der Waals surface area (Å²) in [5, 5.41) is 0. The van der Waals surface area contributed by atoms with E-state index in [0.29, 0.717) is 0 Å². The number of rotatable bonds is 2. The van der Waals surface area contributed by atoms with E-state index >= 15 is 0 Å². The van der Waals surface area contributed by atoms with Gasteiger partial charge in [0.15, 0.2) is 0 Å². The zero-order valence-corrected chi connectivity index (χ0v) is 8.44. The van der Waals surface area contributed by atoms with E-state index in [2.05, 4.69) is 4.99 Å². The number of sulfone groups is 1. The molecule has 2 rings (SSSR count). The second-order valence-electron chi connectivity index (χ2n) is 2.93. The van der Waals surface area contributed by atoms with E-state index in [1.165, 1.54) is 24.4 Å². The molecular weight excluding hydrogens is 214 g/mol. The van der Waals surface area contributed by atoms with Crippen molar-refractivity contribution < 1.29 is 13.2 Å². The first-order valence-electron chi connectivity index (χ1n) is 4.21. The molecule has 0 unspecified atom stereocenters. The van der Waals surface area contributed by atoms with Crippen molar-refractivity contribution in [3.05, 3.63) is 41.3 Å². The van der Waals surface area contributed by atoms with Gasteiger partial charge in [-0.1, -0.05) is 18.2 Å². The lowest BCUT2D eigenvalue weighted by Crippen LogP contribution is -2.09. The Balaban J connectivity index is 2.51. The zero-order valence-electron chi connectivity index (χ0n) is 7.62. The first-order valence-corrected chi connectivity index (χ1v) is 5.69. The van der Waals surface area contributed by atoms with Crippen LogP contribution in [0.1, 0.15) is 0 Å². The highest BCUT2D eigenvalue weighted by atomic mass is 32.2. The molecule has 0 spiro atoms. The van der Waals surface area contributed by atoms with E-state index < -0.39 is 15.7 Å². The van der Waals surface area contributed by atoms with Crippen LogP contribution >= 0.6 is 0 Å². The van der Waals surface area contributed by atoms with E-state index in [9.17, 15) is 13.2 Å². The highest BCUT2D eigenvalue weighted by Crippen LogP contribution is 2.21. The highest BCUT2D eigenvalue weighted by molar-refractivity contribution is 7.96. The summed E-state index contributed by atoms with van der Waals surface area (Å²) in [6.45, 7) is 0. The number of carbonyl (C=O) groups excluding carboxylic acids is 1. The Bertz CT molecular complexity index is 556. The van der Waals surface area contributed by atoms with E-state index in [-0.39, 0.29) is 9.80 Å². The van der Waals surface area contributed by atoms with Crippen molar-refractivity contribution in [2.24, 2.45) is 4.99 Å². The van der Waals surface area contributed by atoms with Crippen LogP contribution in [0, 0.1) is 0 Å². The second-order valence-corrected chi connectivity index (χ2v) is 4.85. The molecule has 1 aromatic carbocycles. The number of nitrogens with zero attached hydrogens (tertiary/aromatic N) is 1. The fourth-order valence-electron chi connectivity index (χ4n) is 1.24. The molecule has 0 saturated carbocycles. The van der Waals surface area contributed by atoms with E-state index in [4.69, 9.17) is 0 Å². The monoisotopic (exact) mass is 221 g/mol. The molecule has 0 aromatic heterocycles. The summed E-state index contributed by atoms with van der Waals surface area (Å²) in [7, 11) is -3.70. The second kappa shape index (κ2) is 3.43. The minimum Gasteiger partial charge on any atom is -0.266 e. The lowest BCUT2D eigenvalue weighted by molar-refractivity contribution is -0.113. The van der Waals surface area contributed by atoms with Crippen molar-refractivity contribution in [1.29, 1.82) is 0 Å². The van der Waals surface area contributed by atoms with Gasteiger partial charge < -0.3 is 0 Å². The van der Waals surface area contributed by atoms with Crippen LogP contribution in [0.25, 0.3) is 0 Å². The molecule has 1 aliphatic rings. The Morgan fingerprint density at radius 2 is 1.73 bits per heavy atom. The quantitative estimate of drug-likeness (QED) is 0.747. The van der Waals surface area contributed by atoms with Crippen LogP contribution in [0.2, 0.25) is 0 Å². The van der Waals surface area contributed by atoms with Crippen LogP contribution in [0.4, 0.5) is 0 Å². The lowest BCUT2D eigenvalue weighted by atomic mass is 10.4. The van der Waals surface area contributed by atoms with Gasteiger partial charge in [0.25, 0.3) is 5.91 Å². The Morgan fingerprint density at radius 1 is 1.07 bits per heavy atom. The van der Waals surface area contributed by atoms with Gasteiger partial charge in [-0.15, -0.1) is 0 Å². The Hall–Kier alpha value is -1.75. The van der Waals surface area contributed by atoms with Gasteiger partial charge in [-0.25, -0.2) is 13.4 Å². The van der Waals surface area contributed by atoms with Crippen LogP contribution in [0.5, 0.6) is 0 Å². The van der Waals surface area contributed by atoms with E-state index in [1.807, 2.05) is 0 Å². The first-order chi connectivity index (χ1) is 7.12. The van der Waals surface area contributed by atoms with Crippen molar-refractivity contribution in [3.8, 4) is 0 Å². The summed E-state index contributed by atoms with van der Waals surface area (Å²) in [4.78, 5) is 14.4. The van der Waals surface area contributed by atoms with Gasteiger partial charge in [-0.05, 0) is 18.2 Å². The predicted molar refractivity (Wildman–Crippen MR) is 55.2 cm³/mol. The molecular formula is C10H7NO3S. The van der Waals surface area contributed by atoms with Crippen LogP contribution in [-0.4, -0.2) is 20.5 Å². The van der Waals surface area contributed by atoms with Gasteiger partial charge in [-0.3, -0.25) is 4.79 Å². The van der Waals surface area contributed by atoms with Crippen molar-refractivity contribution >= 4 is 22.0 Å². The molecule has 1 heterocycles. The zero-order chi connectivity index (χ0) is 10.9. The maximum absolute atomic E-state index is 11.9. The van der Waals surface area contributed by atoms with Crippen molar-refractivity contribution in [1.82, 2.24) is 0 Å². The lowest BCUT2D eigenvalue weighted by Gasteiger charge is -2.02. The van der Waals surface area contributed by atoms with Gasteiger partial charge >= 0.3 is 0 Å². The summed E-state index contributed by atoms with van der Waals surface area (Å²) in [6, 6.07) is 7.81. The van der Waals surface area contributed by atoms with E-state index in [0.717, 1.165) is 0 Å². The highest BCUT2D eigenvalue weighted by Gasteiger charge is 2.27. The average molecular weight is 221 g/mol. The normalized spacial score (nSPS) is 15.5. The van der Waals surface area contributed by atoms with Crippen LogP contribution in [0.3, 0.4) is 0 Å². The minimum atomic E-state index is -3.70. The molecule has 5 heteroatoms. The topological polar surface area (TPSA) is 63.6 Å². The van der Waals surface area contributed by atoms with E-state index in [1.54, 1.807) is 18.2 Å². The maximum atomic E-state index is 11.9. The summed E-state index contributed by atoms with van der Waals surface area (Å²) < 4.78 is 23.8. The largest absolute Gasteiger partial charge is 0.288 e. The molecule has 0 atom stereocenters.